The van der Waals surface area contributed by atoms with Crippen molar-refractivity contribution in [2.75, 3.05) is 11.7 Å². The van der Waals surface area contributed by atoms with Gasteiger partial charge in [-0.1, -0.05) is 99.6 Å². The van der Waals surface area contributed by atoms with Crippen molar-refractivity contribution in [3.63, 3.8) is 0 Å². The van der Waals surface area contributed by atoms with Crippen molar-refractivity contribution < 1.29 is 9.63 Å². The number of hydrogen-bond donors (Lipinski definition) is 0. The van der Waals surface area contributed by atoms with Crippen LogP contribution in [0.25, 0.3) is 11.3 Å². The number of rotatable bonds is 5. The predicted octanol–water partition coefficient (Wildman–Crippen LogP) is 7.64. The van der Waals surface area contributed by atoms with E-state index in [-0.39, 0.29) is 11.9 Å². The molecular weight excluding hydrogens is 470 g/mol. The van der Waals surface area contributed by atoms with Crippen LogP contribution in [0, 0.1) is 11.8 Å². The molecule has 0 unspecified atom stereocenters. The number of carbonyl (C=O) groups excluding carboxylic acids is 1. The van der Waals surface area contributed by atoms with E-state index in [0.717, 1.165) is 41.0 Å². The summed E-state index contributed by atoms with van der Waals surface area (Å²) in [5.41, 5.74) is 6.33. The summed E-state index contributed by atoms with van der Waals surface area (Å²) in [7, 11) is 0. The third-order valence-corrected chi connectivity index (χ3v) is 8.26. The first-order valence-corrected chi connectivity index (χ1v) is 13.8. The SMILES string of the molecule is CC(C)[C@@H]1CC[C@@H](C)c2c1nn(C(=O)[C@@H]1CON(c3ccccc3)[C@@H]1c1ccccc1)c2-c1ccccc1. The van der Waals surface area contributed by atoms with E-state index in [9.17, 15) is 4.79 Å². The highest BCUT2D eigenvalue weighted by Crippen LogP contribution is 2.47. The molecule has 38 heavy (non-hydrogen) atoms. The number of hydrogen-bond acceptors (Lipinski definition) is 4. The van der Waals surface area contributed by atoms with Crippen LogP contribution >= 0.6 is 0 Å². The Kier molecular flexibility index (Phi) is 6.62. The van der Waals surface area contributed by atoms with Crippen LogP contribution in [0.1, 0.15) is 73.1 Å². The third-order valence-electron chi connectivity index (χ3n) is 8.26. The van der Waals surface area contributed by atoms with E-state index in [2.05, 4.69) is 45.0 Å². The van der Waals surface area contributed by atoms with Gasteiger partial charge in [0.25, 0.3) is 5.91 Å². The normalized spacial score (nSPS) is 23.0. The number of nitrogens with zero attached hydrogens (tertiary/aromatic N) is 3. The van der Waals surface area contributed by atoms with Gasteiger partial charge in [0.05, 0.1) is 35.6 Å². The van der Waals surface area contributed by atoms with Gasteiger partial charge < -0.3 is 0 Å². The fourth-order valence-corrected chi connectivity index (χ4v) is 6.29. The molecule has 1 aromatic heterocycles. The molecule has 5 heteroatoms. The van der Waals surface area contributed by atoms with Crippen LogP contribution in [-0.4, -0.2) is 22.3 Å². The van der Waals surface area contributed by atoms with Crippen molar-refractivity contribution in [3.05, 3.63) is 108 Å². The maximum absolute atomic E-state index is 14.6. The van der Waals surface area contributed by atoms with Crippen molar-refractivity contribution in [2.45, 2.75) is 51.5 Å². The Bertz CT molecular complexity index is 1400. The fraction of sp³-hybridized carbons (Fsp3) is 0.333. The van der Waals surface area contributed by atoms with Gasteiger partial charge in [-0.3, -0.25) is 9.63 Å². The van der Waals surface area contributed by atoms with Crippen LogP contribution in [0.2, 0.25) is 0 Å². The average molecular weight is 506 g/mol. The van der Waals surface area contributed by atoms with E-state index in [1.54, 1.807) is 4.68 Å². The molecule has 4 atom stereocenters. The number of hydroxylamine groups is 1. The Morgan fingerprint density at radius 1 is 0.895 bits per heavy atom. The minimum absolute atomic E-state index is 0.0137. The average Bonchev–Trinajstić information content (AvgIpc) is 3.58. The maximum atomic E-state index is 14.6. The number of carbonyl (C=O) groups is 1. The highest BCUT2D eigenvalue weighted by Gasteiger charge is 2.44. The summed E-state index contributed by atoms with van der Waals surface area (Å²) in [5.74, 6) is 0.740. The molecule has 1 aliphatic heterocycles. The molecular formula is C33H35N3O2. The Morgan fingerprint density at radius 3 is 2.18 bits per heavy atom. The van der Waals surface area contributed by atoms with Crippen molar-refractivity contribution in [1.29, 1.82) is 0 Å². The zero-order chi connectivity index (χ0) is 26.2. The van der Waals surface area contributed by atoms with Gasteiger partial charge in [0.15, 0.2) is 0 Å². The molecule has 4 aromatic rings. The molecule has 5 nitrogen and oxygen atoms in total. The number of aromatic nitrogens is 2. The Labute approximate surface area is 225 Å². The van der Waals surface area contributed by atoms with Gasteiger partial charge in [0.1, 0.15) is 0 Å². The molecule has 1 saturated heterocycles. The Balaban J connectivity index is 1.49. The van der Waals surface area contributed by atoms with Crippen molar-refractivity contribution in [3.8, 4) is 11.3 Å². The molecule has 0 spiro atoms. The zero-order valence-electron chi connectivity index (χ0n) is 22.3. The number of para-hydroxylation sites is 1. The smallest absolute Gasteiger partial charge is 0.255 e. The van der Waals surface area contributed by atoms with Gasteiger partial charge >= 0.3 is 0 Å². The van der Waals surface area contributed by atoms with Crippen LogP contribution in [0.3, 0.4) is 0 Å². The lowest BCUT2D eigenvalue weighted by molar-refractivity contribution is 0.0790. The van der Waals surface area contributed by atoms with Gasteiger partial charge in [-0.25, -0.2) is 5.06 Å². The molecule has 194 valence electrons. The van der Waals surface area contributed by atoms with Crippen molar-refractivity contribution in [1.82, 2.24) is 9.78 Å². The Hall–Kier alpha value is -3.70. The molecule has 1 fully saturated rings. The largest absolute Gasteiger partial charge is 0.272 e. The molecule has 0 bridgehead atoms. The van der Waals surface area contributed by atoms with E-state index in [1.807, 2.05) is 71.8 Å². The minimum atomic E-state index is -0.408. The second kappa shape index (κ2) is 10.2. The van der Waals surface area contributed by atoms with Gasteiger partial charge in [0, 0.05) is 17.0 Å². The fourth-order valence-electron chi connectivity index (χ4n) is 6.29. The molecule has 2 heterocycles. The van der Waals surface area contributed by atoms with Crippen molar-refractivity contribution >= 4 is 11.6 Å². The standard InChI is InChI=1S/C33H35N3O2/c1-22(2)27-20-19-23(3)29-30(27)34-35(32(29)25-15-9-5-10-16-25)33(37)28-21-38-36(26-17-11-6-12-18-26)31(28)24-13-7-4-8-14-24/h4-18,22-23,27-28,31H,19-21H2,1-3H3/t23-,27+,28-,31-/m1/s1. The summed E-state index contributed by atoms with van der Waals surface area (Å²) in [6, 6.07) is 30.3. The predicted molar refractivity (Wildman–Crippen MR) is 151 cm³/mol. The lowest BCUT2D eigenvalue weighted by Gasteiger charge is -2.29. The Morgan fingerprint density at radius 2 is 1.53 bits per heavy atom. The van der Waals surface area contributed by atoms with Crippen LogP contribution in [0.5, 0.6) is 0 Å². The van der Waals surface area contributed by atoms with E-state index in [4.69, 9.17) is 9.94 Å². The summed E-state index contributed by atoms with van der Waals surface area (Å²) in [6.07, 6.45) is 2.21. The lowest BCUT2D eigenvalue weighted by atomic mass is 9.75. The van der Waals surface area contributed by atoms with Crippen LogP contribution in [0.4, 0.5) is 5.69 Å². The molecule has 0 saturated carbocycles. The topological polar surface area (TPSA) is 47.4 Å². The van der Waals surface area contributed by atoms with E-state index < -0.39 is 5.92 Å². The van der Waals surface area contributed by atoms with Gasteiger partial charge in [-0.05, 0) is 42.4 Å². The molecule has 2 aliphatic rings. The van der Waals surface area contributed by atoms with Crippen LogP contribution < -0.4 is 5.06 Å². The van der Waals surface area contributed by atoms with Crippen LogP contribution in [0.15, 0.2) is 91.0 Å². The molecule has 0 radical (unpaired) electrons. The van der Waals surface area contributed by atoms with E-state index >= 15 is 0 Å². The first-order valence-electron chi connectivity index (χ1n) is 13.8. The summed E-state index contributed by atoms with van der Waals surface area (Å²) < 4.78 is 1.73. The highest BCUT2D eigenvalue weighted by molar-refractivity contribution is 5.88. The summed E-state index contributed by atoms with van der Waals surface area (Å²) in [6.45, 7) is 7.11. The van der Waals surface area contributed by atoms with Gasteiger partial charge in [-0.15, -0.1) is 0 Å². The van der Waals surface area contributed by atoms with Crippen LogP contribution in [-0.2, 0) is 4.84 Å². The molecule has 1 aliphatic carbocycles. The van der Waals surface area contributed by atoms with Gasteiger partial charge in [0.2, 0.25) is 0 Å². The summed E-state index contributed by atoms with van der Waals surface area (Å²) >= 11 is 0. The molecule has 0 N–H and O–H groups in total. The second-order valence-corrected chi connectivity index (χ2v) is 11.0. The number of anilines is 1. The van der Waals surface area contributed by atoms with Gasteiger partial charge in [-0.2, -0.15) is 9.78 Å². The highest BCUT2D eigenvalue weighted by atomic mass is 16.7. The lowest BCUT2D eigenvalue weighted by Crippen LogP contribution is -2.32. The third kappa shape index (κ3) is 4.25. The summed E-state index contributed by atoms with van der Waals surface area (Å²) in [4.78, 5) is 20.9. The van der Waals surface area contributed by atoms with Crippen molar-refractivity contribution in [2.24, 2.45) is 11.8 Å². The minimum Gasteiger partial charge on any atom is -0.272 e. The number of benzene rings is 3. The maximum Gasteiger partial charge on any atom is 0.255 e. The second-order valence-electron chi connectivity index (χ2n) is 11.0. The first kappa shape index (κ1) is 24.6. The van der Waals surface area contributed by atoms with E-state index in [0.29, 0.717) is 24.4 Å². The van der Waals surface area contributed by atoms with E-state index in [1.165, 1.54) is 5.56 Å². The number of fused-ring (bicyclic) bond motifs is 1. The first-order chi connectivity index (χ1) is 18.5. The molecule has 6 rings (SSSR count). The summed E-state index contributed by atoms with van der Waals surface area (Å²) in [5, 5.41) is 7.05. The molecule has 0 amide bonds. The zero-order valence-corrected chi connectivity index (χ0v) is 22.3. The molecule has 3 aromatic carbocycles. The monoisotopic (exact) mass is 505 g/mol. The quantitative estimate of drug-likeness (QED) is 0.280.